The highest BCUT2D eigenvalue weighted by Gasteiger charge is 2.42. The Bertz CT molecular complexity index is 1290. The fourth-order valence-corrected chi connectivity index (χ4v) is 4.90. The normalized spacial score (nSPS) is 20.0. The van der Waals surface area contributed by atoms with Crippen molar-refractivity contribution in [3.8, 4) is 5.75 Å². The first-order valence-electron chi connectivity index (χ1n) is 11.2. The molecule has 5 rings (SSSR count). The number of rotatable bonds is 5. The molecule has 3 aromatic rings. The van der Waals surface area contributed by atoms with Gasteiger partial charge in [0.2, 0.25) is 0 Å². The Hall–Kier alpha value is -4.13. The maximum Gasteiger partial charge on any atom is 0.255 e. The Balaban J connectivity index is 1.60. The van der Waals surface area contributed by atoms with E-state index in [-0.39, 0.29) is 17.6 Å². The van der Waals surface area contributed by atoms with Gasteiger partial charge in [-0.1, -0.05) is 24.3 Å². The third kappa shape index (κ3) is 3.90. The minimum atomic E-state index is -0.568. The van der Waals surface area contributed by atoms with E-state index < -0.39 is 5.92 Å². The molecule has 0 radical (unpaired) electrons. The van der Waals surface area contributed by atoms with Crippen molar-refractivity contribution in [3.63, 3.8) is 0 Å². The summed E-state index contributed by atoms with van der Waals surface area (Å²) < 4.78 is 11.2. The molecule has 1 aromatic carbocycles. The summed E-state index contributed by atoms with van der Waals surface area (Å²) in [7, 11) is 1.59. The van der Waals surface area contributed by atoms with Crippen molar-refractivity contribution < 1.29 is 18.7 Å². The maximum atomic E-state index is 13.6. The van der Waals surface area contributed by atoms with Gasteiger partial charge >= 0.3 is 0 Å². The van der Waals surface area contributed by atoms with Gasteiger partial charge in [-0.05, 0) is 43.7 Å². The average Bonchev–Trinajstić information content (AvgIpc) is 3.39. The maximum absolute atomic E-state index is 13.6. The standard InChI is InChI=1S/C27H25N3O4/c1-16-24(27(32)30-23-11-5-6-12-28-23)25(18-8-3-4-9-22(18)33-2)26-19(29-16)14-17(15-20(26)31)21-10-7-13-34-21/h3-13,17,25,29H,14-15H2,1-2H3,(H,28,30,32)/t17-,25-/m0/s1. The smallest absolute Gasteiger partial charge is 0.255 e. The van der Waals surface area contributed by atoms with E-state index in [9.17, 15) is 9.59 Å². The first kappa shape index (κ1) is 21.7. The Morgan fingerprint density at radius 1 is 1.12 bits per heavy atom. The molecule has 0 fully saturated rings. The average molecular weight is 456 g/mol. The first-order chi connectivity index (χ1) is 16.6. The fourth-order valence-electron chi connectivity index (χ4n) is 4.90. The third-order valence-corrected chi connectivity index (χ3v) is 6.37. The molecule has 0 bridgehead atoms. The van der Waals surface area contributed by atoms with Gasteiger partial charge in [-0.15, -0.1) is 0 Å². The van der Waals surface area contributed by atoms with E-state index in [0.29, 0.717) is 41.3 Å². The molecule has 7 nitrogen and oxygen atoms in total. The van der Waals surface area contributed by atoms with E-state index in [1.165, 1.54) is 0 Å². The summed E-state index contributed by atoms with van der Waals surface area (Å²) >= 11 is 0. The van der Waals surface area contributed by atoms with Crippen LogP contribution in [0.4, 0.5) is 5.82 Å². The van der Waals surface area contributed by atoms with E-state index in [1.54, 1.807) is 37.8 Å². The van der Waals surface area contributed by atoms with Gasteiger partial charge in [0.15, 0.2) is 5.78 Å². The number of carbonyl (C=O) groups excluding carboxylic acids is 2. The predicted octanol–water partition coefficient (Wildman–Crippen LogP) is 4.68. The van der Waals surface area contributed by atoms with Crippen molar-refractivity contribution in [2.24, 2.45) is 0 Å². The van der Waals surface area contributed by atoms with Crippen LogP contribution in [0.25, 0.3) is 0 Å². The van der Waals surface area contributed by atoms with Crippen LogP contribution in [0.1, 0.15) is 42.9 Å². The van der Waals surface area contributed by atoms with E-state index >= 15 is 0 Å². The molecular formula is C27H25N3O4. The van der Waals surface area contributed by atoms with E-state index in [1.807, 2.05) is 43.3 Å². The second-order valence-corrected chi connectivity index (χ2v) is 8.44. The molecule has 7 heteroatoms. The number of hydrogen-bond donors (Lipinski definition) is 2. The number of hydrogen-bond acceptors (Lipinski definition) is 6. The molecule has 1 aliphatic carbocycles. The number of amides is 1. The number of furan rings is 1. The zero-order chi connectivity index (χ0) is 23.7. The van der Waals surface area contributed by atoms with Gasteiger partial charge in [0.05, 0.1) is 19.3 Å². The lowest BCUT2D eigenvalue weighted by molar-refractivity contribution is -0.116. The zero-order valence-electron chi connectivity index (χ0n) is 19.0. The molecule has 0 unspecified atom stereocenters. The second kappa shape index (κ2) is 9.02. The molecule has 0 spiro atoms. The van der Waals surface area contributed by atoms with Crippen LogP contribution < -0.4 is 15.4 Å². The van der Waals surface area contributed by atoms with Gasteiger partial charge in [0.1, 0.15) is 17.3 Å². The van der Waals surface area contributed by atoms with Crippen molar-refractivity contribution in [1.29, 1.82) is 0 Å². The van der Waals surface area contributed by atoms with Gasteiger partial charge in [-0.3, -0.25) is 9.59 Å². The molecule has 172 valence electrons. The molecule has 0 saturated heterocycles. The number of ketones is 1. The highest BCUT2D eigenvalue weighted by Crippen LogP contribution is 2.47. The summed E-state index contributed by atoms with van der Waals surface area (Å²) in [4.78, 5) is 31.4. The van der Waals surface area contributed by atoms with E-state index in [4.69, 9.17) is 9.15 Å². The van der Waals surface area contributed by atoms with Crippen molar-refractivity contribution in [1.82, 2.24) is 10.3 Å². The number of Topliss-reactive ketones (excluding diaryl/α,β-unsaturated/α-hetero) is 1. The van der Waals surface area contributed by atoms with Crippen LogP contribution in [0.5, 0.6) is 5.75 Å². The number of ether oxygens (including phenoxy) is 1. The molecule has 34 heavy (non-hydrogen) atoms. The predicted molar refractivity (Wildman–Crippen MR) is 127 cm³/mol. The molecule has 2 aromatic heterocycles. The second-order valence-electron chi connectivity index (χ2n) is 8.44. The fraction of sp³-hybridized carbons (Fsp3) is 0.222. The first-order valence-corrected chi connectivity index (χ1v) is 11.2. The van der Waals surface area contributed by atoms with Crippen molar-refractivity contribution in [2.45, 2.75) is 31.6 Å². The number of anilines is 1. The molecule has 3 heterocycles. The quantitative estimate of drug-likeness (QED) is 0.580. The monoisotopic (exact) mass is 455 g/mol. The number of allylic oxidation sites excluding steroid dienone is 3. The number of nitrogens with zero attached hydrogens (tertiary/aromatic N) is 1. The lowest BCUT2D eigenvalue weighted by Gasteiger charge is -2.36. The largest absolute Gasteiger partial charge is 0.496 e. The van der Waals surface area contributed by atoms with Crippen molar-refractivity contribution in [3.05, 3.63) is 101 Å². The van der Waals surface area contributed by atoms with Gasteiger partial charge < -0.3 is 19.8 Å². The van der Waals surface area contributed by atoms with Gasteiger partial charge in [-0.2, -0.15) is 0 Å². The van der Waals surface area contributed by atoms with Crippen LogP contribution in [0.3, 0.4) is 0 Å². The number of para-hydroxylation sites is 1. The Kier molecular flexibility index (Phi) is 5.76. The van der Waals surface area contributed by atoms with Crippen LogP contribution in [-0.2, 0) is 9.59 Å². The summed E-state index contributed by atoms with van der Waals surface area (Å²) in [5.41, 5.74) is 3.36. The molecule has 1 amide bonds. The van der Waals surface area contributed by atoms with Crippen molar-refractivity contribution >= 4 is 17.5 Å². The SMILES string of the molecule is COc1ccccc1[C@H]1C(C(=O)Nc2ccccn2)=C(C)NC2=C1C(=O)C[C@@H](c1ccco1)C2. The number of methoxy groups -OCH3 is 1. The summed E-state index contributed by atoms with van der Waals surface area (Å²) in [5, 5.41) is 6.25. The lowest BCUT2D eigenvalue weighted by Crippen LogP contribution is -2.37. The summed E-state index contributed by atoms with van der Waals surface area (Å²) in [5.74, 6) is 0.909. The number of carbonyl (C=O) groups is 2. The van der Waals surface area contributed by atoms with Gasteiger partial charge in [-0.25, -0.2) is 4.98 Å². The van der Waals surface area contributed by atoms with E-state index in [2.05, 4.69) is 15.6 Å². The number of pyridine rings is 1. The molecular weight excluding hydrogens is 430 g/mol. The minimum absolute atomic E-state index is 0.0123. The summed E-state index contributed by atoms with van der Waals surface area (Å²) in [6, 6.07) is 16.6. The topological polar surface area (TPSA) is 93.5 Å². The summed E-state index contributed by atoms with van der Waals surface area (Å²) in [6.07, 6.45) is 4.18. The van der Waals surface area contributed by atoms with Gasteiger partial charge in [0.25, 0.3) is 5.91 Å². The molecule has 0 saturated carbocycles. The van der Waals surface area contributed by atoms with Crippen LogP contribution in [0.15, 0.2) is 94.0 Å². The zero-order valence-corrected chi connectivity index (χ0v) is 19.0. The molecule has 2 N–H and O–H groups in total. The highest BCUT2D eigenvalue weighted by atomic mass is 16.5. The Morgan fingerprint density at radius 3 is 2.68 bits per heavy atom. The highest BCUT2D eigenvalue weighted by molar-refractivity contribution is 6.09. The molecule has 2 atom stereocenters. The minimum Gasteiger partial charge on any atom is -0.496 e. The number of nitrogens with one attached hydrogen (secondary N) is 2. The van der Waals surface area contributed by atoms with Crippen LogP contribution in [0, 0.1) is 0 Å². The van der Waals surface area contributed by atoms with Gasteiger partial charge in [0, 0.05) is 46.6 Å². The summed E-state index contributed by atoms with van der Waals surface area (Å²) in [6.45, 7) is 1.86. The Labute approximate surface area is 197 Å². The Morgan fingerprint density at radius 2 is 1.94 bits per heavy atom. The number of aromatic nitrogens is 1. The molecule has 1 aliphatic heterocycles. The van der Waals surface area contributed by atoms with E-state index in [0.717, 1.165) is 17.0 Å². The number of dihydropyridines is 1. The number of benzene rings is 1. The van der Waals surface area contributed by atoms with Crippen LogP contribution >= 0.6 is 0 Å². The molecule has 2 aliphatic rings. The lowest BCUT2D eigenvalue weighted by atomic mass is 9.72. The van der Waals surface area contributed by atoms with Crippen molar-refractivity contribution in [2.75, 3.05) is 12.4 Å². The van der Waals surface area contributed by atoms with Crippen LogP contribution in [-0.4, -0.2) is 23.8 Å². The third-order valence-electron chi connectivity index (χ3n) is 6.37. The van der Waals surface area contributed by atoms with Crippen LogP contribution in [0.2, 0.25) is 0 Å².